The molecule has 4 aromatic carbocycles. The van der Waals surface area contributed by atoms with Gasteiger partial charge in [-0.1, -0.05) is 48.5 Å². The van der Waals surface area contributed by atoms with Gasteiger partial charge in [-0.25, -0.2) is 4.39 Å². The molecule has 1 aliphatic rings. The Hall–Kier alpha value is -4.74. The maximum absolute atomic E-state index is 15.3. The third kappa shape index (κ3) is 7.31. The molecule has 1 aliphatic heterocycles. The van der Waals surface area contributed by atoms with Crippen LogP contribution in [0.3, 0.4) is 0 Å². The number of nitrogens with zero attached hydrogens (tertiary/aromatic N) is 1. The Balaban J connectivity index is 1.61. The minimum absolute atomic E-state index is 0.131. The molecule has 11 heteroatoms. The van der Waals surface area contributed by atoms with Crippen molar-refractivity contribution >= 4 is 28.9 Å². The van der Waals surface area contributed by atoms with E-state index in [1.807, 2.05) is 0 Å². The van der Waals surface area contributed by atoms with Crippen molar-refractivity contribution in [2.24, 2.45) is 5.92 Å². The third-order valence-electron chi connectivity index (χ3n) is 8.17. The Kier molecular flexibility index (Phi) is 9.42. The highest BCUT2D eigenvalue weighted by Gasteiger charge is 2.43. The Labute approximate surface area is 269 Å². The number of carbonyl (C=O) groups is 2. The number of amides is 2. The van der Waals surface area contributed by atoms with E-state index in [1.165, 1.54) is 23.1 Å². The van der Waals surface area contributed by atoms with Gasteiger partial charge < -0.3 is 20.8 Å². The summed E-state index contributed by atoms with van der Waals surface area (Å²) in [6, 6.07) is 20.3. The van der Waals surface area contributed by atoms with Crippen molar-refractivity contribution in [3.05, 3.63) is 124 Å². The average Bonchev–Trinajstić information content (AvgIpc) is 3.02. The first kappa shape index (κ1) is 33.6. The monoisotopic (exact) mass is 649 g/mol. The van der Waals surface area contributed by atoms with E-state index in [4.69, 9.17) is 0 Å². The van der Waals surface area contributed by atoms with Gasteiger partial charge >= 0.3 is 6.18 Å². The van der Waals surface area contributed by atoms with Crippen LogP contribution in [0.5, 0.6) is 0 Å². The number of anilines is 3. The fraction of sp³-hybridized carbons (Fsp3) is 0.278. The highest BCUT2D eigenvalue weighted by atomic mass is 19.4. The third-order valence-corrected chi connectivity index (χ3v) is 8.17. The zero-order valence-electron chi connectivity index (χ0n) is 26.0. The fourth-order valence-electron chi connectivity index (χ4n) is 5.88. The topological polar surface area (TPSA) is 102 Å². The van der Waals surface area contributed by atoms with Gasteiger partial charge in [0.25, 0.3) is 5.91 Å². The molecule has 0 radical (unpaired) electrons. The van der Waals surface area contributed by atoms with Crippen LogP contribution >= 0.6 is 0 Å². The number of halogens is 4. The van der Waals surface area contributed by atoms with Gasteiger partial charge in [0.1, 0.15) is 5.82 Å². The standard InChI is InChI=1S/C36H35F4N3O4/c1-21-7-6-9-29(37)31(21)34(46)43-30-10-5-4-8-23(30)17-27(32(43)22-11-14-25(15-12-22)41-20-35(2,3)47)33(45)42-26-16-13-24(19-44)28(18-26)36(38,39)40/h4-16,18,27,32,41,44,47H,17,19-20H2,1-3H3,(H,42,45)/t27-,32?/m0/s1. The first-order valence-electron chi connectivity index (χ1n) is 15.0. The maximum atomic E-state index is 15.3. The molecule has 0 aromatic heterocycles. The Bertz CT molecular complexity index is 1760. The lowest BCUT2D eigenvalue weighted by Crippen LogP contribution is -2.47. The smallest absolute Gasteiger partial charge is 0.392 e. The number of alkyl halides is 3. The van der Waals surface area contributed by atoms with Crippen LogP contribution < -0.4 is 15.5 Å². The number of aliphatic hydroxyl groups excluding tert-OH is 1. The van der Waals surface area contributed by atoms with E-state index >= 15 is 4.39 Å². The van der Waals surface area contributed by atoms with Gasteiger partial charge in [0.05, 0.1) is 35.3 Å². The number of aryl methyl sites for hydroxylation is 1. The molecule has 5 rings (SSSR count). The number of hydrogen-bond donors (Lipinski definition) is 4. The Morgan fingerprint density at radius 1 is 0.936 bits per heavy atom. The van der Waals surface area contributed by atoms with Crippen LogP contribution in [0.1, 0.15) is 58.1 Å². The highest BCUT2D eigenvalue weighted by Crippen LogP contribution is 2.44. The summed E-state index contributed by atoms with van der Waals surface area (Å²) in [5.74, 6) is -3.07. The summed E-state index contributed by atoms with van der Waals surface area (Å²) in [7, 11) is 0. The van der Waals surface area contributed by atoms with Gasteiger partial charge in [-0.2, -0.15) is 13.2 Å². The van der Waals surface area contributed by atoms with Crippen molar-refractivity contribution in [1.29, 1.82) is 0 Å². The first-order valence-corrected chi connectivity index (χ1v) is 15.0. The largest absolute Gasteiger partial charge is 0.416 e. The molecule has 0 saturated carbocycles. The van der Waals surface area contributed by atoms with Crippen LogP contribution in [0.2, 0.25) is 0 Å². The van der Waals surface area contributed by atoms with Crippen molar-refractivity contribution in [1.82, 2.24) is 0 Å². The molecule has 1 heterocycles. The molecule has 2 amide bonds. The predicted molar refractivity (Wildman–Crippen MR) is 172 cm³/mol. The van der Waals surface area contributed by atoms with Crippen LogP contribution in [0, 0.1) is 18.7 Å². The molecule has 47 heavy (non-hydrogen) atoms. The lowest BCUT2D eigenvalue weighted by molar-refractivity contribution is -0.138. The molecule has 0 spiro atoms. The molecular formula is C36H35F4N3O4. The molecule has 0 fully saturated rings. The van der Waals surface area contributed by atoms with Crippen molar-refractivity contribution in [3.63, 3.8) is 0 Å². The average molecular weight is 650 g/mol. The molecule has 0 aliphatic carbocycles. The van der Waals surface area contributed by atoms with Crippen LogP contribution in [0.25, 0.3) is 0 Å². The van der Waals surface area contributed by atoms with Crippen molar-refractivity contribution in [2.45, 2.75) is 51.6 Å². The molecule has 4 N–H and O–H groups in total. The number of hydrogen-bond acceptors (Lipinski definition) is 5. The summed E-state index contributed by atoms with van der Waals surface area (Å²) in [4.78, 5) is 29.9. The van der Waals surface area contributed by atoms with Gasteiger partial charge in [-0.15, -0.1) is 0 Å². The zero-order valence-corrected chi connectivity index (χ0v) is 26.0. The molecule has 2 atom stereocenters. The number of aliphatic hydroxyl groups is 2. The fourth-order valence-corrected chi connectivity index (χ4v) is 5.88. The minimum Gasteiger partial charge on any atom is -0.392 e. The summed E-state index contributed by atoms with van der Waals surface area (Å²) >= 11 is 0. The van der Waals surface area contributed by atoms with E-state index in [1.54, 1.807) is 75.4 Å². The molecule has 1 unspecified atom stereocenters. The molecule has 7 nitrogen and oxygen atoms in total. The van der Waals surface area contributed by atoms with E-state index in [-0.39, 0.29) is 29.8 Å². The van der Waals surface area contributed by atoms with Gasteiger partial charge in [0, 0.05) is 23.6 Å². The maximum Gasteiger partial charge on any atom is 0.416 e. The van der Waals surface area contributed by atoms with E-state index in [2.05, 4.69) is 10.6 Å². The summed E-state index contributed by atoms with van der Waals surface area (Å²) in [5.41, 5.74) is -0.00473. The van der Waals surface area contributed by atoms with Crippen LogP contribution in [-0.4, -0.2) is 34.2 Å². The molecule has 0 bridgehead atoms. The first-order chi connectivity index (χ1) is 22.2. The summed E-state index contributed by atoms with van der Waals surface area (Å²) in [6.45, 7) is 4.33. The summed E-state index contributed by atoms with van der Waals surface area (Å²) in [6.07, 6.45) is -4.64. The zero-order chi connectivity index (χ0) is 34.1. The Morgan fingerprint density at radius 3 is 2.26 bits per heavy atom. The predicted octanol–water partition coefficient (Wildman–Crippen LogP) is 7.03. The number of benzene rings is 4. The number of fused-ring (bicyclic) bond motifs is 1. The minimum atomic E-state index is -4.77. The van der Waals surface area contributed by atoms with Crippen molar-refractivity contribution in [2.75, 3.05) is 22.1 Å². The number of para-hydroxylation sites is 1. The van der Waals surface area contributed by atoms with Gasteiger partial charge in [-0.05, 0) is 85.8 Å². The van der Waals surface area contributed by atoms with E-state index in [9.17, 15) is 33.0 Å². The lowest BCUT2D eigenvalue weighted by Gasteiger charge is -2.42. The van der Waals surface area contributed by atoms with Crippen molar-refractivity contribution in [3.8, 4) is 0 Å². The molecule has 0 saturated heterocycles. The molecule has 4 aromatic rings. The molecular weight excluding hydrogens is 614 g/mol. The van der Waals surface area contributed by atoms with Crippen LogP contribution in [0.4, 0.5) is 34.6 Å². The highest BCUT2D eigenvalue weighted by molar-refractivity contribution is 6.09. The van der Waals surface area contributed by atoms with E-state index < -0.39 is 53.5 Å². The quantitative estimate of drug-likeness (QED) is 0.154. The second-order valence-electron chi connectivity index (χ2n) is 12.3. The van der Waals surface area contributed by atoms with Crippen molar-refractivity contribution < 1.29 is 37.4 Å². The number of nitrogens with one attached hydrogen (secondary N) is 2. The van der Waals surface area contributed by atoms with Gasteiger partial charge in [0.2, 0.25) is 5.91 Å². The SMILES string of the molecule is Cc1cccc(F)c1C(=O)N1c2ccccc2C[C@H](C(=O)Nc2ccc(CO)c(C(F)(F)F)c2)C1c1ccc(NCC(C)(C)O)cc1. The second kappa shape index (κ2) is 13.2. The number of carbonyl (C=O) groups excluding carboxylic acids is 2. The Morgan fingerprint density at radius 2 is 1.62 bits per heavy atom. The lowest BCUT2D eigenvalue weighted by atomic mass is 9.80. The molecule has 246 valence electrons. The normalized spacial score (nSPS) is 16.4. The van der Waals surface area contributed by atoms with Crippen LogP contribution in [0.15, 0.2) is 84.9 Å². The summed E-state index contributed by atoms with van der Waals surface area (Å²) in [5, 5.41) is 25.3. The second-order valence-corrected chi connectivity index (χ2v) is 12.3. The number of rotatable bonds is 8. The van der Waals surface area contributed by atoms with Gasteiger partial charge in [0.15, 0.2) is 0 Å². The van der Waals surface area contributed by atoms with Crippen LogP contribution in [-0.2, 0) is 24.0 Å². The van der Waals surface area contributed by atoms with E-state index in [0.717, 1.165) is 12.1 Å². The summed E-state index contributed by atoms with van der Waals surface area (Å²) < 4.78 is 56.5. The van der Waals surface area contributed by atoms with Gasteiger partial charge in [-0.3, -0.25) is 14.5 Å². The van der Waals surface area contributed by atoms with E-state index in [0.29, 0.717) is 28.1 Å².